The van der Waals surface area contributed by atoms with Crippen molar-refractivity contribution in [3.05, 3.63) is 84.5 Å². The molecule has 8 heteroatoms. The molecule has 0 radical (unpaired) electrons. The summed E-state index contributed by atoms with van der Waals surface area (Å²) in [7, 11) is 1.55. The van der Waals surface area contributed by atoms with Crippen LogP contribution in [0.4, 0.5) is 16.2 Å². The van der Waals surface area contributed by atoms with Gasteiger partial charge in [0.05, 0.1) is 19.2 Å². The molecule has 0 saturated heterocycles. The SMILES string of the molecule is COc1ccccc1NC(=O)Nc1ccccc1Cc1nc(-c2cccnc2)no1. The van der Waals surface area contributed by atoms with Crippen molar-refractivity contribution in [2.45, 2.75) is 6.42 Å². The van der Waals surface area contributed by atoms with Gasteiger partial charge in [0.1, 0.15) is 5.75 Å². The molecule has 2 aromatic heterocycles. The zero-order chi connectivity index (χ0) is 20.8. The molecular weight excluding hydrogens is 382 g/mol. The Hall–Kier alpha value is -4.20. The number of aromatic nitrogens is 3. The Morgan fingerprint density at radius 2 is 1.77 bits per heavy atom. The second-order valence-corrected chi connectivity index (χ2v) is 6.37. The lowest BCUT2D eigenvalue weighted by Crippen LogP contribution is -2.20. The van der Waals surface area contributed by atoms with Gasteiger partial charge < -0.3 is 19.9 Å². The normalized spacial score (nSPS) is 10.4. The van der Waals surface area contributed by atoms with Crippen molar-refractivity contribution in [2.75, 3.05) is 17.7 Å². The van der Waals surface area contributed by atoms with Gasteiger partial charge in [0.25, 0.3) is 0 Å². The first kappa shape index (κ1) is 19.1. The molecule has 2 aromatic carbocycles. The second kappa shape index (κ2) is 8.87. The highest BCUT2D eigenvalue weighted by atomic mass is 16.5. The van der Waals surface area contributed by atoms with Crippen LogP contribution >= 0.6 is 0 Å². The number of anilines is 2. The number of rotatable bonds is 6. The number of carbonyl (C=O) groups excluding carboxylic acids is 1. The molecule has 0 aliphatic heterocycles. The fourth-order valence-electron chi connectivity index (χ4n) is 2.92. The Balaban J connectivity index is 1.48. The molecular formula is C22H19N5O3. The molecule has 0 fully saturated rings. The second-order valence-electron chi connectivity index (χ2n) is 6.37. The molecule has 4 aromatic rings. The van der Waals surface area contributed by atoms with Gasteiger partial charge in [-0.15, -0.1) is 0 Å². The fourth-order valence-corrected chi connectivity index (χ4v) is 2.92. The molecule has 8 nitrogen and oxygen atoms in total. The van der Waals surface area contributed by atoms with E-state index in [1.165, 1.54) is 0 Å². The minimum atomic E-state index is -0.381. The minimum Gasteiger partial charge on any atom is -0.495 e. The molecule has 0 saturated carbocycles. The molecule has 30 heavy (non-hydrogen) atoms. The van der Waals surface area contributed by atoms with Crippen LogP contribution in [0.3, 0.4) is 0 Å². The molecule has 2 N–H and O–H groups in total. The topological polar surface area (TPSA) is 102 Å². The van der Waals surface area contributed by atoms with Crippen LogP contribution < -0.4 is 15.4 Å². The van der Waals surface area contributed by atoms with E-state index >= 15 is 0 Å². The summed E-state index contributed by atoms with van der Waals surface area (Å²) in [6.45, 7) is 0. The predicted molar refractivity (Wildman–Crippen MR) is 112 cm³/mol. The average Bonchev–Trinajstić information content (AvgIpc) is 3.25. The first-order valence-corrected chi connectivity index (χ1v) is 9.25. The lowest BCUT2D eigenvalue weighted by molar-refractivity contribution is 0.262. The van der Waals surface area contributed by atoms with Crippen LogP contribution in [-0.4, -0.2) is 28.3 Å². The molecule has 150 valence electrons. The van der Waals surface area contributed by atoms with Gasteiger partial charge in [-0.1, -0.05) is 35.5 Å². The summed E-state index contributed by atoms with van der Waals surface area (Å²) in [4.78, 5) is 21.0. The summed E-state index contributed by atoms with van der Waals surface area (Å²) in [5.41, 5.74) is 2.84. The number of urea groups is 1. The first-order chi connectivity index (χ1) is 14.7. The van der Waals surface area contributed by atoms with E-state index < -0.39 is 0 Å². The van der Waals surface area contributed by atoms with Crippen LogP contribution in [0.1, 0.15) is 11.5 Å². The summed E-state index contributed by atoms with van der Waals surface area (Å²) in [6, 6.07) is 17.9. The lowest BCUT2D eigenvalue weighted by Gasteiger charge is -2.13. The standard InChI is InChI=1S/C22H19N5O3/c1-29-19-11-5-4-10-18(19)25-22(28)24-17-9-3-2-7-15(17)13-20-26-21(27-30-20)16-8-6-12-23-14-16/h2-12,14H,13H2,1H3,(H2,24,25,28). The van der Waals surface area contributed by atoms with Crippen molar-refractivity contribution in [3.8, 4) is 17.1 Å². The maximum atomic E-state index is 12.5. The van der Waals surface area contributed by atoms with Crippen LogP contribution in [0.15, 0.2) is 77.6 Å². The Labute approximate surface area is 172 Å². The van der Waals surface area contributed by atoms with Gasteiger partial charge in [-0.25, -0.2) is 4.79 Å². The number of ether oxygens (including phenoxy) is 1. The van der Waals surface area contributed by atoms with Crippen molar-refractivity contribution in [1.29, 1.82) is 0 Å². The smallest absolute Gasteiger partial charge is 0.323 e. The Bertz CT molecular complexity index is 1140. The number of para-hydroxylation sites is 3. The quantitative estimate of drug-likeness (QED) is 0.497. The highest BCUT2D eigenvalue weighted by Crippen LogP contribution is 2.24. The Morgan fingerprint density at radius 3 is 2.57 bits per heavy atom. The van der Waals surface area contributed by atoms with Gasteiger partial charge in [-0.05, 0) is 35.9 Å². The number of hydrogen-bond donors (Lipinski definition) is 2. The third kappa shape index (κ3) is 4.44. The maximum absolute atomic E-state index is 12.5. The summed E-state index contributed by atoms with van der Waals surface area (Å²) in [5.74, 6) is 1.49. The van der Waals surface area contributed by atoms with Crippen molar-refractivity contribution >= 4 is 17.4 Å². The van der Waals surface area contributed by atoms with Crippen LogP contribution in [0.25, 0.3) is 11.4 Å². The summed E-state index contributed by atoms with van der Waals surface area (Å²) < 4.78 is 10.6. The number of amides is 2. The number of benzene rings is 2. The molecule has 0 atom stereocenters. The fraction of sp³-hybridized carbons (Fsp3) is 0.0909. The number of nitrogens with zero attached hydrogens (tertiary/aromatic N) is 3. The van der Waals surface area contributed by atoms with Gasteiger partial charge in [0.2, 0.25) is 11.7 Å². The Morgan fingerprint density at radius 1 is 1.00 bits per heavy atom. The molecule has 0 bridgehead atoms. The van der Waals surface area contributed by atoms with Crippen LogP contribution in [0, 0.1) is 0 Å². The van der Waals surface area contributed by atoms with Gasteiger partial charge in [-0.3, -0.25) is 4.98 Å². The molecule has 0 aliphatic carbocycles. The number of methoxy groups -OCH3 is 1. The number of carbonyl (C=O) groups is 1. The lowest BCUT2D eigenvalue weighted by atomic mass is 10.1. The van der Waals surface area contributed by atoms with E-state index in [-0.39, 0.29) is 6.03 Å². The summed E-state index contributed by atoms with van der Waals surface area (Å²) in [6.07, 6.45) is 3.73. The van der Waals surface area contributed by atoms with E-state index in [9.17, 15) is 4.79 Å². The molecule has 0 unspecified atom stereocenters. The molecule has 2 amide bonds. The van der Waals surface area contributed by atoms with Crippen molar-refractivity contribution < 1.29 is 14.1 Å². The predicted octanol–water partition coefficient (Wildman–Crippen LogP) is 4.38. The van der Waals surface area contributed by atoms with Crippen LogP contribution in [0.5, 0.6) is 5.75 Å². The van der Waals surface area contributed by atoms with E-state index in [0.717, 1.165) is 11.1 Å². The van der Waals surface area contributed by atoms with Crippen molar-refractivity contribution in [1.82, 2.24) is 15.1 Å². The van der Waals surface area contributed by atoms with Crippen molar-refractivity contribution in [2.24, 2.45) is 0 Å². The average molecular weight is 401 g/mol. The zero-order valence-corrected chi connectivity index (χ0v) is 16.2. The Kier molecular flexibility index (Phi) is 5.66. The third-order valence-corrected chi connectivity index (χ3v) is 4.35. The maximum Gasteiger partial charge on any atom is 0.323 e. The summed E-state index contributed by atoms with van der Waals surface area (Å²) >= 11 is 0. The monoisotopic (exact) mass is 401 g/mol. The van der Waals surface area contributed by atoms with Crippen LogP contribution in [0.2, 0.25) is 0 Å². The van der Waals surface area contributed by atoms with E-state index in [0.29, 0.717) is 35.3 Å². The zero-order valence-electron chi connectivity index (χ0n) is 16.2. The number of nitrogens with one attached hydrogen (secondary N) is 2. The van der Waals surface area contributed by atoms with E-state index in [4.69, 9.17) is 9.26 Å². The minimum absolute atomic E-state index is 0.373. The van der Waals surface area contributed by atoms with E-state index in [1.807, 2.05) is 48.5 Å². The van der Waals surface area contributed by atoms with Gasteiger partial charge >= 0.3 is 6.03 Å². The third-order valence-electron chi connectivity index (χ3n) is 4.35. The summed E-state index contributed by atoms with van der Waals surface area (Å²) in [5, 5.41) is 9.67. The number of pyridine rings is 1. The molecule has 0 aliphatic rings. The first-order valence-electron chi connectivity index (χ1n) is 9.25. The largest absolute Gasteiger partial charge is 0.495 e. The molecule has 4 rings (SSSR count). The highest BCUT2D eigenvalue weighted by molar-refractivity contribution is 6.01. The van der Waals surface area contributed by atoms with E-state index in [1.54, 1.807) is 31.6 Å². The van der Waals surface area contributed by atoms with Gasteiger partial charge in [0.15, 0.2) is 0 Å². The van der Waals surface area contributed by atoms with Gasteiger partial charge in [-0.2, -0.15) is 4.98 Å². The van der Waals surface area contributed by atoms with Gasteiger partial charge in [0, 0.05) is 23.6 Å². The van der Waals surface area contributed by atoms with E-state index in [2.05, 4.69) is 25.8 Å². The molecule has 0 spiro atoms. The number of hydrogen-bond acceptors (Lipinski definition) is 6. The molecule has 2 heterocycles. The van der Waals surface area contributed by atoms with Crippen molar-refractivity contribution in [3.63, 3.8) is 0 Å². The van der Waals surface area contributed by atoms with Crippen LogP contribution in [-0.2, 0) is 6.42 Å². The highest BCUT2D eigenvalue weighted by Gasteiger charge is 2.13.